The molecule has 0 aliphatic heterocycles. The van der Waals surface area contributed by atoms with E-state index < -0.39 is 0 Å². The zero-order chi connectivity index (χ0) is 19.3. The Kier molecular flexibility index (Phi) is 7.18. The van der Waals surface area contributed by atoms with E-state index in [1.54, 1.807) is 21.8 Å². The fourth-order valence-corrected chi connectivity index (χ4v) is 2.70. The van der Waals surface area contributed by atoms with Crippen molar-refractivity contribution >= 4 is 40.1 Å². The second-order valence-electron chi connectivity index (χ2n) is 6.45. The highest BCUT2D eigenvalue weighted by atomic mass is 127. The maximum absolute atomic E-state index is 12.4. The lowest BCUT2D eigenvalue weighted by molar-refractivity contribution is -0.116. The van der Waals surface area contributed by atoms with Gasteiger partial charge >= 0.3 is 0 Å². The summed E-state index contributed by atoms with van der Waals surface area (Å²) in [4.78, 5) is 24.7. The first-order chi connectivity index (χ1) is 12.3. The standard InChI is InChI=1S/C17H25IN6O2/c1-5-23-10-14(16(22-23)17(26)19-8-11(2)3)21-15(25)6-7-24-12(4)13(18)9-20-24/h9-11H,5-8H2,1-4H3,(H,19,26)(H,21,25). The molecular formula is C17H25IN6O2. The Bertz CT molecular complexity index is 780. The molecule has 142 valence electrons. The molecule has 9 heteroatoms. The quantitative estimate of drug-likeness (QED) is 0.578. The summed E-state index contributed by atoms with van der Waals surface area (Å²) in [6.45, 7) is 9.59. The van der Waals surface area contributed by atoms with Crippen LogP contribution in [0.3, 0.4) is 0 Å². The molecule has 8 nitrogen and oxygen atoms in total. The predicted molar refractivity (Wildman–Crippen MR) is 108 cm³/mol. The van der Waals surface area contributed by atoms with Crippen molar-refractivity contribution in [3.63, 3.8) is 0 Å². The van der Waals surface area contributed by atoms with Crippen LogP contribution in [-0.4, -0.2) is 37.9 Å². The summed E-state index contributed by atoms with van der Waals surface area (Å²) >= 11 is 2.21. The molecule has 0 saturated carbocycles. The number of nitrogens with one attached hydrogen (secondary N) is 2. The average molecular weight is 472 g/mol. The van der Waals surface area contributed by atoms with Gasteiger partial charge in [0.05, 0.1) is 22.0 Å². The number of aryl methyl sites for hydroxylation is 2. The van der Waals surface area contributed by atoms with Gasteiger partial charge in [-0.15, -0.1) is 0 Å². The molecule has 2 N–H and O–H groups in total. The number of hydrogen-bond acceptors (Lipinski definition) is 4. The van der Waals surface area contributed by atoms with Crippen molar-refractivity contribution in [2.24, 2.45) is 5.92 Å². The van der Waals surface area contributed by atoms with Crippen LogP contribution < -0.4 is 10.6 Å². The fourth-order valence-electron chi connectivity index (χ4n) is 2.29. The number of aromatic nitrogens is 4. The fraction of sp³-hybridized carbons (Fsp3) is 0.529. The van der Waals surface area contributed by atoms with Crippen molar-refractivity contribution in [2.45, 2.75) is 47.2 Å². The SMILES string of the molecule is CCn1cc(NC(=O)CCn2ncc(I)c2C)c(C(=O)NCC(C)C)n1. The lowest BCUT2D eigenvalue weighted by Gasteiger charge is -2.08. The van der Waals surface area contributed by atoms with Gasteiger partial charge < -0.3 is 10.6 Å². The first-order valence-corrected chi connectivity index (χ1v) is 9.73. The second-order valence-corrected chi connectivity index (χ2v) is 7.61. The topological polar surface area (TPSA) is 93.8 Å². The molecule has 0 bridgehead atoms. The molecule has 2 aromatic heterocycles. The molecule has 0 aliphatic rings. The van der Waals surface area contributed by atoms with Crippen molar-refractivity contribution in [3.8, 4) is 0 Å². The highest BCUT2D eigenvalue weighted by molar-refractivity contribution is 14.1. The zero-order valence-corrected chi connectivity index (χ0v) is 17.7. The van der Waals surface area contributed by atoms with E-state index in [0.717, 1.165) is 9.26 Å². The number of halogens is 1. The Morgan fingerprint density at radius 2 is 2.08 bits per heavy atom. The van der Waals surface area contributed by atoms with Crippen molar-refractivity contribution in [2.75, 3.05) is 11.9 Å². The molecule has 0 aromatic carbocycles. The molecule has 2 aromatic rings. The maximum atomic E-state index is 12.4. The number of carbonyl (C=O) groups is 2. The van der Waals surface area contributed by atoms with E-state index in [4.69, 9.17) is 0 Å². The first kappa shape index (κ1) is 20.4. The number of anilines is 1. The Balaban J connectivity index is 2.02. The van der Waals surface area contributed by atoms with Gasteiger partial charge in [-0.1, -0.05) is 13.8 Å². The largest absolute Gasteiger partial charge is 0.350 e. The average Bonchev–Trinajstić information content (AvgIpc) is 3.15. The van der Waals surface area contributed by atoms with Gasteiger partial charge in [-0.2, -0.15) is 10.2 Å². The van der Waals surface area contributed by atoms with Gasteiger partial charge in [0, 0.05) is 31.4 Å². The van der Waals surface area contributed by atoms with Gasteiger partial charge in [-0.3, -0.25) is 19.0 Å². The van der Waals surface area contributed by atoms with Crippen LogP contribution >= 0.6 is 22.6 Å². The molecule has 0 aliphatic carbocycles. The predicted octanol–water partition coefficient (Wildman–Crippen LogP) is 2.43. The summed E-state index contributed by atoms with van der Waals surface area (Å²) in [7, 11) is 0. The van der Waals surface area contributed by atoms with Gasteiger partial charge in [-0.05, 0) is 42.4 Å². The van der Waals surface area contributed by atoms with Crippen LogP contribution in [0.4, 0.5) is 5.69 Å². The van der Waals surface area contributed by atoms with Crippen molar-refractivity contribution in [1.29, 1.82) is 0 Å². The van der Waals surface area contributed by atoms with Crippen LogP contribution in [0.25, 0.3) is 0 Å². The molecule has 2 amide bonds. The van der Waals surface area contributed by atoms with Gasteiger partial charge in [0.2, 0.25) is 5.91 Å². The van der Waals surface area contributed by atoms with E-state index in [1.807, 2.05) is 27.7 Å². The number of amides is 2. The summed E-state index contributed by atoms with van der Waals surface area (Å²) in [6.07, 6.45) is 3.73. The molecule has 2 heterocycles. The minimum atomic E-state index is -0.279. The van der Waals surface area contributed by atoms with Crippen LogP contribution in [0.2, 0.25) is 0 Å². The Hall–Kier alpha value is -1.91. The van der Waals surface area contributed by atoms with Gasteiger partial charge in [0.25, 0.3) is 5.91 Å². The third-order valence-corrected chi connectivity index (χ3v) is 4.90. The minimum Gasteiger partial charge on any atom is -0.350 e. The first-order valence-electron chi connectivity index (χ1n) is 8.65. The van der Waals surface area contributed by atoms with Gasteiger partial charge in [0.15, 0.2) is 5.69 Å². The van der Waals surface area contributed by atoms with Crippen LogP contribution in [0.15, 0.2) is 12.4 Å². The number of carbonyl (C=O) groups excluding carboxylic acids is 2. The summed E-state index contributed by atoms with van der Waals surface area (Å²) in [5.74, 6) is -0.118. The second kappa shape index (κ2) is 9.15. The summed E-state index contributed by atoms with van der Waals surface area (Å²) < 4.78 is 4.50. The van der Waals surface area contributed by atoms with E-state index >= 15 is 0 Å². The summed E-state index contributed by atoms with van der Waals surface area (Å²) in [5, 5.41) is 14.2. The maximum Gasteiger partial charge on any atom is 0.273 e. The minimum absolute atomic E-state index is 0.177. The Morgan fingerprint density at radius 3 is 2.65 bits per heavy atom. The van der Waals surface area contributed by atoms with Gasteiger partial charge in [0.1, 0.15) is 0 Å². The molecule has 0 unspecified atom stereocenters. The molecule has 0 radical (unpaired) electrons. The van der Waals surface area contributed by atoms with Crippen LogP contribution in [-0.2, 0) is 17.9 Å². The summed E-state index contributed by atoms with van der Waals surface area (Å²) in [5.41, 5.74) is 1.71. The van der Waals surface area contributed by atoms with E-state index in [9.17, 15) is 9.59 Å². The third kappa shape index (κ3) is 5.29. The molecule has 0 spiro atoms. The molecule has 0 saturated heterocycles. The smallest absolute Gasteiger partial charge is 0.273 e. The highest BCUT2D eigenvalue weighted by Crippen LogP contribution is 2.15. The normalized spacial score (nSPS) is 11.0. The number of nitrogens with zero attached hydrogens (tertiary/aromatic N) is 4. The molecule has 0 fully saturated rings. The number of hydrogen-bond donors (Lipinski definition) is 2. The Morgan fingerprint density at radius 1 is 1.35 bits per heavy atom. The van der Waals surface area contributed by atoms with Crippen LogP contribution in [0.1, 0.15) is 43.4 Å². The van der Waals surface area contributed by atoms with E-state index in [1.165, 1.54) is 0 Å². The Labute approximate surface area is 166 Å². The third-order valence-electron chi connectivity index (χ3n) is 3.84. The van der Waals surface area contributed by atoms with E-state index in [2.05, 4.69) is 43.4 Å². The van der Waals surface area contributed by atoms with Gasteiger partial charge in [-0.25, -0.2) is 0 Å². The van der Waals surface area contributed by atoms with Crippen molar-refractivity contribution in [1.82, 2.24) is 24.9 Å². The lowest BCUT2D eigenvalue weighted by Crippen LogP contribution is -2.29. The molecule has 0 atom stereocenters. The van der Waals surface area contributed by atoms with Crippen molar-refractivity contribution < 1.29 is 9.59 Å². The van der Waals surface area contributed by atoms with Crippen molar-refractivity contribution in [3.05, 3.63) is 27.4 Å². The van der Waals surface area contributed by atoms with Crippen LogP contribution in [0, 0.1) is 16.4 Å². The van der Waals surface area contributed by atoms with E-state index in [-0.39, 0.29) is 23.9 Å². The van der Waals surface area contributed by atoms with Crippen LogP contribution in [0.5, 0.6) is 0 Å². The summed E-state index contributed by atoms with van der Waals surface area (Å²) in [6, 6.07) is 0. The molecule has 26 heavy (non-hydrogen) atoms. The molecule has 2 rings (SSSR count). The zero-order valence-electron chi connectivity index (χ0n) is 15.5. The molecular weight excluding hydrogens is 447 g/mol. The number of rotatable bonds is 8. The van der Waals surface area contributed by atoms with E-state index in [0.29, 0.717) is 31.2 Å². The highest BCUT2D eigenvalue weighted by Gasteiger charge is 2.18. The monoisotopic (exact) mass is 472 g/mol. The lowest BCUT2D eigenvalue weighted by atomic mass is 10.2.